The SMILES string of the molecule is CCOC(=O)C1=C(C)N=c2s/c(=C\c3ccc(-c4ccc(Br)cc4)o3)c(=O)n2[C@H]1c1ccccc1. The van der Waals surface area contributed by atoms with Crippen molar-refractivity contribution in [2.45, 2.75) is 19.9 Å². The minimum atomic E-state index is -0.622. The zero-order chi connectivity index (χ0) is 24.5. The van der Waals surface area contributed by atoms with Crippen LogP contribution >= 0.6 is 27.3 Å². The molecule has 2 aromatic heterocycles. The lowest BCUT2D eigenvalue weighted by molar-refractivity contribution is -0.139. The molecule has 0 saturated carbocycles. The van der Waals surface area contributed by atoms with E-state index in [9.17, 15) is 9.59 Å². The number of ether oxygens (including phenoxy) is 1. The van der Waals surface area contributed by atoms with Crippen LogP contribution in [0, 0.1) is 0 Å². The van der Waals surface area contributed by atoms with Crippen LogP contribution in [0.2, 0.25) is 0 Å². The van der Waals surface area contributed by atoms with E-state index in [0.717, 1.165) is 15.6 Å². The summed E-state index contributed by atoms with van der Waals surface area (Å²) in [6, 6.07) is 20.4. The van der Waals surface area contributed by atoms with Gasteiger partial charge in [-0.05, 0) is 43.7 Å². The molecule has 0 bridgehead atoms. The van der Waals surface area contributed by atoms with Crippen molar-refractivity contribution >= 4 is 39.3 Å². The number of esters is 1. The molecular formula is C27H21BrN2O4S. The summed E-state index contributed by atoms with van der Waals surface area (Å²) in [7, 11) is 0. The average molecular weight is 549 g/mol. The van der Waals surface area contributed by atoms with Crippen molar-refractivity contribution in [1.82, 2.24) is 4.57 Å². The van der Waals surface area contributed by atoms with Gasteiger partial charge in [0.2, 0.25) is 0 Å². The van der Waals surface area contributed by atoms with Crippen LogP contribution in [0.4, 0.5) is 0 Å². The molecule has 0 aliphatic carbocycles. The van der Waals surface area contributed by atoms with Crippen molar-refractivity contribution in [2.24, 2.45) is 4.99 Å². The zero-order valence-electron chi connectivity index (χ0n) is 19.0. The molecule has 6 nitrogen and oxygen atoms in total. The normalized spacial score (nSPS) is 15.6. The molecular weight excluding hydrogens is 528 g/mol. The molecule has 0 unspecified atom stereocenters. The highest BCUT2D eigenvalue weighted by molar-refractivity contribution is 9.10. The van der Waals surface area contributed by atoms with E-state index in [2.05, 4.69) is 20.9 Å². The number of allylic oxidation sites excluding steroid dienone is 1. The first kappa shape index (κ1) is 23.3. The van der Waals surface area contributed by atoms with Crippen LogP contribution in [0.25, 0.3) is 17.4 Å². The van der Waals surface area contributed by atoms with Crippen LogP contribution in [0.5, 0.6) is 0 Å². The fourth-order valence-electron chi connectivity index (χ4n) is 4.07. The van der Waals surface area contributed by atoms with E-state index >= 15 is 0 Å². The molecule has 0 saturated heterocycles. The maximum Gasteiger partial charge on any atom is 0.338 e. The van der Waals surface area contributed by atoms with Crippen LogP contribution < -0.4 is 14.9 Å². The topological polar surface area (TPSA) is 73.8 Å². The summed E-state index contributed by atoms with van der Waals surface area (Å²) in [5.41, 5.74) is 2.42. The predicted octanol–water partition coefficient (Wildman–Crippen LogP) is 4.82. The monoisotopic (exact) mass is 548 g/mol. The molecule has 1 atom stereocenters. The molecule has 0 spiro atoms. The molecule has 2 aromatic carbocycles. The number of carbonyl (C=O) groups is 1. The first-order valence-corrected chi connectivity index (χ1v) is 12.7. The maximum absolute atomic E-state index is 13.6. The van der Waals surface area contributed by atoms with Crippen LogP contribution in [-0.2, 0) is 9.53 Å². The third kappa shape index (κ3) is 4.47. The average Bonchev–Trinajstić information content (AvgIpc) is 3.44. The summed E-state index contributed by atoms with van der Waals surface area (Å²) >= 11 is 4.71. The van der Waals surface area contributed by atoms with Gasteiger partial charge in [0.15, 0.2) is 4.80 Å². The molecule has 0 fully saturated rings. The van der Waals surface area contributed by atoms with Gasteiger partial charge in [0.05, 0.1) is 28.5 Å². The summed E-state index contributed by atoms with van der Waals surface area (Å²) < 4.78 is 14.3. The molecule has 35 heavy (non-hydrogen) atoms. The Morgan fingerprint density at radius 3 is 2.60 bits per heavy atom. The van der Waals surface area contributed by atoms with Crippen LogP contribution in [0.1, 0.15) is 31.2 Å². The zero-order valence-corrected chi connectivity index (χ0v) is 21.4. The van der Waals surface area contributed by atoms with Gasteiger partial charge in [-0.1, -0.05) is 69.7 Å². The molecule has 0 amide bonds. The maximum atomic E-state index is 13.6. The van der Waals surface area contributed by atoms with Crippen molar-refractivity contribution in [2.75, 3.05) is 6.61 Å². The largest absolute Gasteiger partial charge is 0.463 e. The molecule has 176 valence electrons. The van der Waals surface area contributed by atoms with E-state index < -0.39 is 12.0 Å². The number of fused-ring (bicyclic) bond motifs is 1. The molecule has 3 heterocycles. The number of benzene rings is 2. The number of hydrogen-bond acceptors (Lipinski definition) is 6. The predicted molar refractivity (Wildman–Crippen MR) is 139 cm³/mol. The van der Waals surface area contributed by atoms with E-state index in [0.29, 0.717) is 32.1 Å². The van der Waals surface area contributed by atoms with Gasteiger partial charge in [0.25, 0.3) is 5.56 Å². The molecule has 1 aliphatic heterocycles. The summed E-state index contributed by atoms with van der Waals surface area (Å²) in [5, 5.41) is 0. The lowest BCUT2D eigenvalue weighted by Gasteiger charge is -2.24. The minimum Gasteiger partial charge on any atom is -0.463 e. The number of nitrogens with zero attached hydrogens (tertiary/aromatic N) is 2. The van der Waals surface area contributed by atoms with Gasteiger partial charge in [0, 0.05) is 16.1 Å². The van der Waals surface area contributed by atoms with Gasteiger partial charge in [-0.2, -0.15) is 0 Å². The number of aromatic nitrogens is 1. The lowest BCUT2D eigenvalue weighted by atomic mass is 9.96. The number of hydrogen-bond donors (Lipinski definition) is 0. The van der Waals surface area contributed by atoms with E-state index in [4.69, 9.17) is 9.15 Å². The first-order chi connectivity index (χ1) is 17.0. The van der Waals surface area contributed by atoms with Crippen molar-refractivity contribution in [3.63, 3.8) is 0 Å². The van der Waals surface area contributed by atoms with Crippen molar-refractivity contribution in [3.8, 4) is 11.3 Å². The third-order valence-corrected chi connectivity index (χ3v) is 7.17. The van der Waals surface area contributed by atoms with Gasteiger partial charge in [-0.25, -0.2) is 9.79 Å². The van der Waals surface area contributed by atoms with E-state index in [-0.39, 0.29) is 12.2 Å². The van der Waals surface area contributed by atoms with Gasteiger partial charge in [-0.15, -0.1) is 0 Å². The number of carbonyl (C=O) groups excluding carboxylic acids is 1. The summed E-state index contributed by atoms with van der Waals surface area (Å²) in [4.78, 5) is 31.6. The highest BCUT2D eigenvalue weighted by Gasteiger charge is 2.33. The van der Waals surface area contributed by atoms with E-state index in [1.807, 2.05) is 66.7 Å². The fourth-order valence-corrected chi connectivity index (χ4v) is 5.36. The second kappa shape index (κ2) is 9.64. The molecule has 5 rings (SSSR count). The van der Waals surface area contributed by atoms with Gasteiger partial charge >= 0.3 is 5.97 Å². The number of thiazole rings is 1. The summed E-state index contributed by atoms with van der Waals surface area (Å²) in [6.45, 7) is 3.77. The van der Waals surface area contributed by atoms with Gasteiger partial charge in [0.1, 0.15) is 11.5 Å². The quantitative estimate of drug-likeness (QED) is 0.335. The Morgan fingerprint density at radius 2 is 1.89 bits per heavy atom. The molecule has 0 radical (unpaired) electrons. The Bertz CT molecular complexity index is 1610. The summed E-state index contributed by atoms with van der Waals surface area (Å²) in [6.07, 6.45) is 1.72. The van der Waals surface area contributed by atoms with Crippen LogP contribution in [0.15, 0.2) is 96.7 Å². The summed E-state index contributed by atoms with van der Waals surface area (Å²) in [5.74, 6) is 0.798. The van der Waals surface area contributed by atoms with Crippen LogP contribution in [0.3, 0.4) is 0 Å². The van der Waals surface area contributed by atoms with Crippen molar-refractivity contribution in [1.29, 1.82) is 0 Å². The first-order valence-electron chi connectivity index (χ1n) is 11.1. The fraction of sp³-hybridized carbons (Fsp3) is 0.148. The molecule has 1 aliphatic rings. The molecule has 8 heteroatoms. The number of furan rings is 1. The minimum absolute atomic E-state index is 0.237. The Hall–Kier alpha value is -3.49. The Kier molecular flexibility index (Phi) is 6.40. The van der Waals surface area contributed by atoms with Crippen molar-refractivity contribution < 1.29 is 13.9 Å². The van der Waals surface area contributed by atoms with Gasteiger partial charge < -0.3 is 9.15 Å². The molecule has 0 N–H and O–H groups in total. The standard InChI is InChI=1S/C27H21BrN2O4S/c1-3-33-26(32)23-16(2)29-27-30(24(23)18-7-5-4-6-8-18)25(31)22(35-27)15-20-13-14-21(34-20)17-9-11-19(28)12-10-17/h4-15,24H,3H2,1-2H3/b22-15-/t24-/m0/s1. The van der Waals surface area contributed by atoms with Crippen molar-refractivity contribution in [3.05, 3.63) is 113 Å². The highest BCUT2D eigenvalue weighted by atomic mass is 79.9. The molecule has 4 aromatic rings. The smallest absolute Gasteiger partial charge is 0.338 e. The Morgan fingerprint density at radius 1 is 1.14 bits per heavy atom. The Balaban J connectivity index is 1.62. The van der Waals surface area contributed by atoms with E-state index in [1.165, 1.54) is 11.3 Å². The second-order valence-corrected chi connectivity index (χ2v) is 9.85. The number of rotatable bonds is 5. The lowest BCUT2D eigenvalue weighted by Crippen LogP contribution is -2.39. The highest BCUT2D eigenvalue weighted by Crippen LogP contribution is 2.30. The van der Waals surface area contributed by atoms with Gasteiger partial charge in [-0.3, -0.25) is 9.36 Å². The second-order valence-electron chi connectivity index (χ2n) is 7.92. The Labute approximate surface area is 213 Å². The number of halogens is 1. The van der Waals surface area contributed by atoms with Crippen LogP contribution in [-0.4, -0.2) is 17.1 Å². The third-order valence-electron chi connectivity index (χ3n) is 5.66. The van der Waals surface area contributed by atoms with E-state index in [1.54, 1.807) is 24.5 Å².